The molecular weight excluding hydrogens is 394 g/mol. The molecule has 0 radical (unpaired) electrons. The largest absolute Gasteiger partial charge is 0.378 e. The van der Waals surface area contributed by atoms with Crippen LogP contribution in [0.25, 0.3) is 0 Å². The van der Waals surface area contributed by atoms with Crippen molar-refractivity contribution in [1.29, 1.82) is 0 Å². The predicted octanol–water partition coefficient (Wildman–Crippen LogP) is 2.90. The summed E-state index contributed by atoms with van der Waals surface area (Å²) in [5.74, 6) is -0.434. The van der Waals surface area contributed by atoms with E-state index in [-0.39, 0.29) is 36.2 Å². The van der Waals surface area contributed by atoms with E-state index in [0.717, 1.165) is 5.69 Å². The zero-order valence-electron chi connectivity index (χ0n) is 19.7. The Morgan fingerprint density at radius 3 is 2.19 bits per heavy atom. The van der Waals surface area contributed by atoms with Crippen molar-refractivity contribution < 1.29 is 19.1 Å². The Morgan fingerprint density at radius 1 is 1.19 bits per heavy atom. The standard InChI is InChI=1S/C22H33N3O4.C2H4/c1-7-25(20-15(4)29-13-19(20)26)22(28)18(12-14(2)3)23-21(27)16-8-10-17(11-9-16)24(5)6;1-2/h8-11,14-15,18,20H,7,12-13H2,1-6H3,(H,23,27);1-2H2. The first-order valence-corrected chi connectivity index (χ1v) is 10.7. The number of hydrogen-bond acceptors (Lipinski definition) is 5. The van der Waals surface area contributed by atoms with Crippen LogP contribution in [0.4, 0.5) is 5.69 Å². The molecule has 172 valence electrons. The van der Waals surface area contributed by atoms with Gasteiger partial charge < -0.3 is 19.9 Å². The van der Waals surface area contributed by atoms with Crippen LogP contribution in [0, 0.1) is 5.92 Å². The Bertz CT molecular complexity index is 746. The topological polar surface area (TPSA) is 79.0 Å². The average Bonchev–Trinajstić information content (AvgIpc) is 3.07. The van der Waals surface area contributed by atoms with Crippen molar-refractivity contribution in [1.82, 2.24) is 10.2 Å². The van der Waals surface area contributed by atoms with Crippen molar-refractivity contribution in [3.8, 4) is 0 Å². The number of amides is 2. The molecule has 1 N–H and O–H groups in total. The molecule has 1 aromatic carbocycles. The minimum atomic E-state index is -0.698. The lowest BCUT2D eigenvalue weighted by Crippen LogP contribution is -2.55. The van der Waals surface area contributed by atoms with Crippen molar-refractivity contribution >= 4 is 23.3 Å². The van der Waals surface area contributed by atoms with Gasteiger partial charge in [0, 0.05) is 31.9 Å². The van der Waals surface area contributed by atoms with E-state index in [1.807, 2.05) is 51.9 Å². The van der Waals surface area contributed by atoms with Crippen molar-refractivity contribution in [2.45, 2.75) is 52.3 Å². The first-order chi connectivity index (χ1) is 14.6. The zero-order valence-corrected chi connectivity index (χ0v) is 19.7. The number of benzene rings is 1. The lowest BCUT2D eigenvalue weighted by atomic mass is 10.00. The third-order valence-electron chi connectivity index (χ3n) is 5.18. The van der Waals surface area contributed by atoms with E-state index in [0.29, 0.717) is 18.5 Å². The summed E-state index contributed by atoms with van der Waals surface area (Å²) in [6, 6.07) is 5.92. The van der Waals surface area contributed by atoms with Crippen LogP contribution in [0.1, 0.15) is 44.5 Å². The maximum Gasteiger partial charge on any atom is 0.251 e. The van der Waals surface area contributed by atoms with E-state index in [4.69, 9.17) is 4.74 Å². The Morgan fingerprint density at radius 2 is 1.77 bits per heavy atom. The highest BCUT2D eigenvalue weighted by Crippen LogP contribution is 2.20. The smallest absolute Gasteiger partial charge is 0.251 e. The van der Waals surface area contributed by atoms with Crippen LogP contribution in [-0.4, -0.2) is 67.9 Å². The van der Waals surface area contributed by atoms with E-state index in [1.54, 1.807) is 24.0 Å². The second-order valence-electron chi connectivity index (χ2n) is 8.15. The van der Waals surface area contributed by atoms with Gasteiger partial charge in [0.1, 0.15) is 18.7 Å². The van der Waals surface area contributed by atoms with Crippen LogP contribution in [0.2, 0.25) is 0 Å². The van der Waals surface area contributed by atoms with E-state index < -0.39 is 12.1 Å². The summed E-state index contributed by atoms with van der Waals surface area (Å²) in [4.78, 5) is 41.8. The fraction of sp³-hybridized carbons (Fsp3) is 0.542. The summed E-state index contributed by atoms with van der Waals surface area (Å²) in [6.07, 6.45) is 0.146. The van der Waals surface area contributed by atoms with Crippen molar-refractivity contribution in [2.24, 2.45) is 5.92 Å². The number of ketones is 1. The number of ether oxygens (including phenoxy) is 1. The van der Waals surface area contributed by atoms with Gasteiger partial charge in [-0.05, 0) is 50.5 Å². The molecule has 1 saturated heterocycles. The van der Waals surface area contributed by atoms with Crippen molar-refractivity contribution in [3.05, 3.63) is 43.0 Å². The molecule has 0 bridgehead atoms. The molecule has 3 unspecified atom stereocenters. The molecule has 1 aliphatic rings. The molecule has 1 fully saturated rings. The van der Waals surface area contributed by atoms with Crippen LogP contribution in [0.3, 0.4) is 0 Å². The molecule has 2 amide bonds. The van der Waals surface area contributed by atoms with Crippen LogP contribution >= 0.6 is 0 Å². The van der Waals surface area contributed by atoms with E-state index >= 15 is 0 Å². The molecule has 7 heteroatoms. The first-order valence-electron chi connectivity index (χ1n) is 10.7. The van der Waals surface area contributed by atoms with Gasteiger partial charge in [0.25, 0.3) is 5.91 Å². The highest BCUT2D eigenvalue weighted by Gasteiger charge is 2.41. The summed E-state index contributed by atoms with van der Waals surface area (Å²) in [6.45, 7) is 14.0. The van der Waals surface area contributed by atoms with E-state index in [2.05, 4.69) is 18.5 Å². The summed E-state index contributed by atoms with van der Waals surface area (Å²) >= 11 is 0. The molecule has 0 spiro atoms. The van der Waals surface area contributed by atoms with Gasteiger partial charge in [-0.1, -0.05) is 13.8 Å². The minimum Gasteiger partial charge on any atom is -0.378 e. The number of anilines is 1. The molecule has 0 aliphatic carbocycles. The number of rotatable bonds is 8. The van der Waals surface area contributed by atoms with Crippen LogP contribution < -0.4 is 10.2 Å². The second-order valence-corrected chi connectivity index (χ2v) is 8.15. The Hall–Kier alpha value is -2.67. The summed E-state index contributed by atoms with van der Waals surface area (Å²) in [7, 11) is 3.86. The second kappa shape index (κ2) is 12.2. The number of nitrogens with zero attached hydrogens (tertiary/aromatic N) is 2. The normalized spacial score (nSPS) is 18.7. The van der Waals surface area contributed by atoms with Gasteiger partial charge in [-0.3, -0.25) is 14.4 Å². The lowest BCUT2D eigenvalue weighted by Gasteiger charge is -2.32. The first kappa shape index (κ1) is 26.4. The molecule has 1 aliphatic heterocycles. The summed E-state index contributed by atoms with van der Waals surface area (Å²) in [5, 5.41) is 2.89. The molecule has 31 heavy (non-hydrogen) atoms. The number of hydrogen-bond donors (Lipinski definition) is 1. The molecular formula is C24H37N3O4. The van der Waals surface area contributed by atoms with Crippen LogP contribution in [0.5, 0.6) is 0 Å². The molecule has 2 rings (SSSR count). The van der Waals surface area contributed by atoms with Gasteiger partial charge in [-0.25, -0.2) is 0 Å². The third kappa shape index (κ3) is 6.92. The van der Waals surface area contributed by atoms with E-state index in [9.17, 15) is 14.4 Å². The van der Waals surface area contributed by atoms with Crippen LogP contribution in [0.15, 0.2) is 37.4 Å². The van der Waals surface area contributed by atoms with Gasteiger partial charge in [-0.15, -0.1) is 13.2 Å². The Labute approximate surface area is 186 Å². The number of nitrogens with one attached hydrogen (secondary N) is 1. The maximum absolute atomic E-state index is 13.3. The quantitative estimate of drug-likeness (QED) is 0.641. The predicted molar refractivity (Wildman–Crippen MR) is 124 cm³/mol. The van der Waals surface area contributed by atoms with Crippen LogP contribution in [-0.2, 0) is 14.3 Å². The van der Waals surface area contributed by atoms with E-state index in [1.165, 1.54) is 0 Å². The molecule has 0 saturated carbocycles. The number of likely N-dealkylation sites (N-methyl/N-ethyl adjacent to an activating group) is 1. The highest BCUT2D eigenvalue weighted by molar-refractivity contribution is 5.99. The Balaban J connectivity index is 0.00000233. The SMILES string of the molecule is C=C.CCN(C(=O)C(CC(C)C)NC(=O)c1ccc(N(C)C)cc1)C1C(=O)COC1C. The number of carbonyl (C=O) groups is 3. The summed E-state index contributed by atoms with van der Waals surface area (Å²) < 4.78 is 5.42. The van der Waals surface area contributed by atoms with Crippen molar-refractivity contribution in [3.63, 3.8) is 0 Å². The van der Waals surface area contributed by atoms with Gasteiger partial charge in [-0.2, -0.15) is 0 Å². The third-order valence-corrected chi connectivity index (χ3v) is 5.18. The van der Waals surface area contributed by atoms with Gasteiger partial charge >= 0.3 is 0 Å². The zero-order chi connectivity index (χ0) is 23.7. The highest BCUT2D eigenvalue weighted by atomic mass is 16.5. The molecule has 1 heterocycles. The molecule has 7 nitrogen and oxygen atoms in total. The molecule has 0 aromatic heterocycles. The average molecular weight is 432 g/mol. The fourth-order valence-corrected chi connectivity index (χ4v) is 3.61. The minimum absolute atomic E-state index is 0.0229. The number of Topliss-reactive ketones (excluding diaryl/α,β-unsaturated/α-hetero) is 1. The number of carbonyl (C=O) groups excluding carboxylic acids is 3. The monoisotopic (exact) mass is 431 g/mol. The van der Waals surface area contributed by atoms with Gasteiger partial charge in [0.15, 0.2) is 5.78 Å². The fourth-order valence-electron chi connectivity index (χ4n) is 3.61. The molecule has 3 atom stereocenters. The van der Waals surface area contributed by atoms with Gasteiger partial charge in [0.2, 0.25) is 5.91 Å². The maximum atomic E-state index is 13.3. The molecule has 1 aromatic rings. The van der Waals surface area contributed by atoms with Gasteiger partial charge in [0.05, 0.1) is 6.10 Å². The van der Waals surface area contributed by atoms with Crippen molar-refractivity contribution in [2.75, 3.05) is 32.1 Å². The Kier molecular flexibility index (Phi) is 10.4. The summed E-state index contributed by atoms with van der Waals surface area (Å²) in [5.41, 5.74) is 1.48. The lowest BCUT2D eigenvalue weighted by molar-refractivity contribution is -0.140.